The molecule has 0 amide bonds. The van der Waals surface area contributed by atoms with Crippen molar-refractivity contribution in [3.05, 3.63) is 22.5 Å². The zero-order valence-corrected chi connectivity index (χ0v) is 8.08. The smallest absolute Gasteiger partial charge is 0.397 e. The standard InChI is InChI=1S/C8H8ClF3N2/c1-2-4-6(8(10,11)12)5(13)3-14-7(4)9/h3H,2,13H2,1H3. The van der Waals surface area contributed by atoms with Crippen molar-refractivity contribution in [3.63, 3.8) is 0 Å². The van der Waals surface area contributed by atoms with Crippen LogP contribution in [0.15, 0.2) is 6.20 Å². The summed E-state index contributed by atoms with van der Waals surface area (Å²) in [6.45, 7) is 1.57. The highest BCUT2D eigenvalue weighted by Gasteiger charge is 2.36. The third-order valence-corrected chi connectivity index (χ3v) is 2.12. The van der Waals surface area contributed by atoms with Crippen LogP contribution in [-0.4, -0.2) is 4.98 Å². The van der Waals surface area contributed by atoms with Gasteiger partial charge in [-0.05, 0) is 6.42 Å². The summed E-state index contributed by atoms with van der Waals surface area (Å²) in [5.74, 6) is 0. The van der Waals surface area contributed by atoms with Gasteiger partial charge in [0, 0.05) is 5.56 Å². The topological polar surface area (TPSA) is 38.9 Å². The number of nitrogens with two attached hydrogens (primary N) is 1. The lowest BCUT2D eigenvalue weighted by atomic mass is 10.1. The van der Waals surface area contributed by atoms with Crippen LogP contribution in [0.3, 0.4) is 0 Å². The Morgan fingerprint density at radius 2 is 2.07 bits per heavy atom. The third kappa shape index (κ3) is 1.92. The van der Waals surface area contributed by atoms with Gasteiger partial charge in [0.05, 0.1) is 17.4 Å². The molecule has 0 bridgehead atoms. The predicted octanol–water partition coefficient (Wildman–Crippen LogP) is 2.90. The van der Waals surface area contributed by atoms with Gasteiger partial charge >= 0.3 is 6.18 Å². The Balaban J connectivity index is 3.46. The second-order valence-corrected chi connectivity index (χ2v) is 3.07. The molecule has 1 rings (SSSR count). The van der Waals surface area contributed by atoms with Crippen molar-refractivity contribution < 1.29 is 13.2 Å². The molecule has 1 heterocycles. The molecule has 2 nitrogen and oxygen atoms in total. The van der Waals surface area contributed by atoms with Crippen LogP contribution in [0.4, 0.5) is 18.9 Å². The predicted molar refractivity (Wildman–Crippen MR) is 48.0 cm³/mol. The number of rotatable bonds is 1. The second-order valence-electron chi connectivity index (χ2n) is 2.71. The molecule has 1 aromatic rings. The van der Waals surface area contributed by atoms with Crippen LogP contribution < -0.4 is 5.73 Å². The van der Waals surface area contributed by atoms with Gasteiger partial charge in [-0.1, -0.05) is 18.5 Å². The average molecular weight is 225 g/mol. The molecule has 2 N–H and O–H groups in total. The molecule has 14 heavy (non-hydrogen) atoms. The first-order chi connectivity index (χ1) is 6.38. The zero-order chi connectivity index (χ0) is 10.9. The Morgan fingerprint density at radius 3 is 2.43 bits per heavy atom. The fourth-order valence-electron chi connectivity index (χ4n) is 1.20. The fraction of sp³-hybridized carbons (Fsp3) is 0.375. The molecule has 0 aliphatic rings. The van der Waals surface area contributed by atoms with Crippen LogP contribution in [0.25, 0.3) is 0 Å². The van der Waals surface area contributed by atoms with Crippen molar-refractivity contribution >= 4 is 17.3 Å². The summed E-state index contributed by atoms with van der Waals surface area (Å²) < 4.78 is 37.5. The van der Waals surface area contributed by atoms with E-state index in [4.69, 9.17) is 17.3 Å². The first kappa shape index (κ1) is 11.1. The van der Waals surface area contributed by atoms with Crippen molar-refractivity contribution in [1.82, 2.24) is 4.98 Å². The van der Waals surface area contributed by atoms with Gasteiger partial charge in [-0.25, -0.2) is 4.98 Å². The molecule has 0 aliphatic heterocycles. The Hall–Kier alpha value is -0.970. The largest absolute Gasteiger partial charge is 0.418 e. The minimum absolute atomic E-state index is 0.0563. The van der Waals surface area contributed by atoms with Crippen molar-refractivity contribution in [1.29, 1.82) is 0 Å². The third-order valence-electron chi connectivity index (χ3n) is 1.79. The second kappa shape index (κ2) is 3.65. The SMILES string of the molecule is CCc1c(Cl)ncc(N)c1C(F)(F)F. The van der Waals surface area contributed by atoms with E-state index in [1.165, 1.54) is 0 Å². The van der Waals surface area contributed by atoms with Crippen molar-refractivity contribution in [2.24, 2.45) is 0 Å². The minimum Gasteiger partial charge on any atom is -0.397 e. The summed E-state index contributed by atoms with van der Waals surface area (Å²) in [7, 11) is 0. The molecule has 0 aromatic carbocycles. The zero-order valence-electron chi connectivity index (χ0n) is 7.32. The van der Waals surface area contributed by atoms with Gasteiger partial charge < -0.3 is 5.73 Å². The summed E-state index contributed by atoms with van der Waals surface area (Å²) >= 11 is 5.54. The molecule has 0 fully saturated rings. The van der Waals surface area contributed by atoms with Crippen LogP contribution >= 0.6 is 11.6 Å². The molecular weight excluding hydrogens is 217 g/mol. The molecule has 6 heteroatoms. The van der Waals surface area contributed by atoms with E-state index in [2.05, 4.69) is 4.98 Å². The molecule has 0 atom stereocenters. The van der Waals surface area contributed by atoms with E-state index in [1.807, 2.05) is 0 Å². The van der Waals surface area contributed by atoms with Crippen LogP contribution in [0.2, 0.25) is 5.15 Å². The van der Waals surface area contributed by atoms with E-state index in [1.54, 1.807) is 6.92 Å². The normalized spacial score (nSPS) is 11.8. The van der Waals surface area contributed by atoms with Crippen molar-refractivity contribution in [2.45, 2.75) is 19.5 Å². The van der Waals surface area contributed by atoms with Gasteiger partial charge in [-0.2, -0.15) is 13.2 Å². The highest BCUT2D eigenvalue weighted by molar-refractivity contribution is 6.30. The maximum atomic E-state index is 12.5. The maximum Gasteiger partial charge on any atom is 0.418 e. The molecule has 0 radical (unpaired) electrons. The molecule has 0 saturated carbocycles. The van der Waals surface area contributed by atoms with Crippen LogP contribution in [0.1, 0.15) is 18.1 Å². The molecule has 0 spiro atoms. The van der Waals surface area contributed by atoms with Gasteiger partial charge in [0.15, 0.2) is 0 Å². The van der Waals surface area contributed by atoms with E-state index in [-0.39, 0.29) is 17.1 Å². The number of aromatic nitrogens is 1. The minimum atomic E-state index is -4.48. The highest BCUT2D eigenvalue weighted by atomic mass is 35.5. The number of anilines is 1. The summed E-state index contributed by atoms with van der Waals surface area (Å²) in [5.41, 5.74) is 3.89. The molecule has 0 aliphatic carbocycles. The Bertz CT molecular complexity index is 349. The number of nitrogens with zero attached hydrogens (tertiary/aromatic N) is 1. The number of hydrogen-bond acceptors (Lipinski definition) is 2. The Kier molecular flexibility index (Phi) is 2.89. The molecular formula is C8H8ClF3N2. The highest BCUT2D eigenvalue weighted by Crippen LogP contribution is 2.38. The quantitative estimate of drug-likeness (QED) is 0.745. The molecule has 0 unspecified atom stereocenters. The number of pyridine rings is 1. The lowest BCUT2D eigenvalue weighted by Crippen LogP contribution is -2.13. The van der Waals surface area contributed by atoms with E-state index in [0.717, 1.165) is 6.20 Å². The monoisotopic (exact) mass is 224 g/mol. The van der Waals surface area contributed by atoms with E-state index in [0.29, 0.717) is 0 Å². The van der Waals surface area contributed by atoms with E-state index < -0.39 is 17.4 Å². The van der Waals surface area contributed by atoms with Gasteiger partial charge in [0.1, 0.15) is 5.15 Å². The fourth-order valence-corrected chi connectivity index (χ4v) is 1.48. The van der Waals surface area contributed by atoms with Gasteiger partial charge in [0.2, 0.25) is 0 Å². The van der Waals surface area contributed by atoms with Crippen LogP contribution in [-0.2, 0) is 12.6 Å². The number of halogens is 4. The van der Waals surface area contributed by atoms with Crippen LogP contribution in [0, 0.1) is 0 Å². The van der Waals surface area contributed by atoms with Gasteiger partial charge in [0.25, 0.3) is 0 Å². The molecule has 1 aromatic heterocycles. The summed E-state index contributed by atoms with van der Waals surface area (Å²) in [6, 6.07) is 0. The Morgan fingerprint density at radius 1 is 1.50 bits per heavy atom. The maximum absolute atomic E-state index is 12.5. The van der Waals surface area contributed by atoms with Crippen LogP contribution in [0.5, 0.6) is 0 Å². The van der Waals surface area contributed by atoms with Gasteiger partial charge in [-0.15, -0.1) is 0 Å². The first-order valence-corrected chi connectivity index (χ1v) is 4.25. The first-order valence-electron chi connectivity index (χ1n) is 3.88. The molecule has 78 valence electrons. The lowest BCUT2D eigenvalue weighted by molar-refractivity contribution is -0.137. The Labute approximate surface area is 83.9 Å². The van der Waals surface area contributed by atoms with Gasteiger partial charge in [-0.3, -0.25) is 0 Å². The number of nitrogen functional groups attached to an aromatic ring is 1. The number of hydrogen-bond donors (Lipinski definition) is 1. The van der Waals surface area contributed by atoms with Crippen molar-refractivity contribution in [2.75, 3.05) is 5.73 Å². The summed E-state index contributed by atoms with van der Waals surface area (Å²) in [4.78, 5) is 3.56. The van der Waals surface area contributed by atoms with E-state index in [9.17, 15) is 13.2 Å². The summed E-state index contributed by atoms with van der Waals surface area (Å²) in [6.07, 6.45) is -3.42. The molecule has 0 saturated heterocycles. The van der Waals surface area contributed by atoms with E-state index >= 15 is 0 Å². The number of alkyl halides is 3. The summed E-state index contributed by atoms with van der Waals surface area (Å²) in [5, 5.41) is -0.144. The van der Waals surface area contributed by atoms with Crippen molar-refractivity contribution in [3.8, 4) is 0 Å². The lowest BCUT2D eigenvalue weighted by Gasteiger charge is -2.14. The average Bonchev–Trinajstić information content (AvgIpc) is 2.06.